The van der Waals surface area contributed by atoms with Crippen LogP contribution in [-0.4, -0.2) is 5.97 Å². The number of ether oxygens (including phenoxy) is 1. The van der Waals surface area contributed by atoms with Gasteiger partial charge in [-0.1, -0.05) is 26.2 Å². The van der Waals surface area contributed by atoms with Crippen LogP contribution in [0.5, 0.6) is 0 Å². The summed E-state index contributed by atoms with van der Waals surface area (Å²) in [6.07, 6.45) is 5.76. The Morgan fingerprint density at radius 2 is 2.09 bits per heavy atom. The van der Waals surface area contributed by atoms with E-state index in [2.05, 4.69) is 11.7 Å². The van der Waals surface area contributed by atoms with Crippen LogP contribution in [-0.2, 0) is 9.53 Å². The van der Waals surface area contributed by atoms with E-state index in [9.17, 15) is 4.79 Å². The van der Waals surface area contributed by atoms with Gasteiger partial charge in [-0.25, -0.2) is 0 Å². The first-order valence-corrected chi connectivity index (χ1v) is 4.26. The minimum absolute atomic E-state index is 0.222. The SMILES string of the molecule is CCCCCC[CH]OC(C)=O. The molecule has 0 aromatic rings. The standard InChI is InChI=1S/C9H17O2/c1-3-4-5-6-7-8-11-9(2)10/h8H,3-7H2,1-2H3. The summed E-state index contributed by atoms with van der Waals surface area (Å²) in [7, 11) is 0. The number of hydrogen-bond donors (Lipinski definition) is 0. The smallest absolute Gasteiger partial charge is 0.303 e. The average Bonchev–Trinajstić information content (AvgIpc) is 1.96. The highest BCUT2D eigenvalue weighted by Gasteiger charge is 1.93. The van der Waals surface area contributed by atoms with Crippen molar-refractivity contribution in [2.24, 2.45) is 0 Å². The van der Waals surface area contributed by atoms with Crippen molar-refractivity contribution in [1.82, 2.24) is 0 Å². The van der Waals surface area contributed by atoms with E-state index >= 15 is 0 Å². The summed E-state index contributed by atoms with van der Waals surface area (Å²) in [6.45, 7) is 5.19. The van der Waals surface area contributed by atoms with E-state index in [0.717, 1.165) is 12.8 Å². The number of carbonyl (C=O) groups excluding carboxylic acids is 1. The second-order valence-corrected chi connectivity index (χ2v) is 2.63. The van der Waals surface area contributed by atoms with Gasteiger partial charge in [0.15, 0.2) is 0 Å². The van der Waals surface area contributed by atoms with E-state index in [4.69, 9.17) is 0 Å². The third-order valence-corrected chi connectivity index (χ3v) is 1.42. The van der Waals surface area contributed by atoms with E-state index < -0.39 is 0 Å². The Hall–Kier alpha value is -0.530. The van der Waals surface area contributed by atoms with Crippen LogP contribution in [0.2, 0.25) is 0 Å². The van der Waals surface area contributed by atoms with Gasteiger partial charge in [-0.15, -0.1) is 0 Å². The molecule has 0 N–H and O–H groups in total. The Bertz CT molecular complexity index is 99.7. The lowest BCUT2D eigenvalue weighted by atomic mass is 10.2. The summed E-state index contributed by atoms with van der Waals surface area (Å²) in [4.78, 5) is 10.3. The summed E-state index contributed by atoms with van der Waals surface area (Å²) < 4.78 is 4.66. The molecule has 0 aliphatic rings. The van der Waals surface area contributed by atoms with Gasteiger partial charge in [-0.05, 0) is 12.8 Å². The zero-order chi connectivity index (χ0) is 8.53. The molecule has 0 fully saturated rings. The maximum absolute atomic E-state index is 10.3. The quantitative estimate of drug-likeness (QED) is 0.437. The molecule has 0 aromatic carbocycles. The molecule has 0 spiro atoms. The number of rotatable bonds is 6. The molecule has 0 saturated heterocycles. The summed E-state index contributed by atoms with van der Waals surface area (Å²) >= 11 is 0. The molecule has 1 radical (unpaired) electrons. The molecule has 2 heteroatoms. The Kier molecular flexibility index (Phi) is 7.21. The minimum atomic E-state index is -0.222. The van der Waals surface area contributed by atoms with Crippen LogP contribution in [0.25, 0.3) is 0 Å². The van der Waals surface area contributed by atoms with Gasteiger partial charge in [0.1, 0.15) is 6.61 Å². The predicted molar refractivity (Wildman–Crippen MR) is 44.8 cm³/mol. The fourth-order valence-corrected chi connectivity index (χ4v) is 0.831. The largest absolute Gasteiger partial charge is 0.459 e. The lowest BCUT2D eigenvalue weighted by Gasteiger charge is -1.99. The van der Waals surface area contributed by atoms with Crippen molar-refractivity contribution in [2.45, 2.75) is 46.0 Å². The van der Waals surface area contributed by atoms with Crippen LogP contribution in [0.1, 0.15) is 46.0 Å². The predicted octanol–water partition coefficient (Wildman–Crippen LogP) is 2.68. The van der Waals surface area contributed by atoms with Gasteiger partial charge < -0.3 is 4.74 Å². The van der Waals surface area contributed by atoms with Crippen LogP contribution in [0.15, 0.2) is 0 Å². The topological polar surface area (TPSA) is 26.3 Å². The first-order valence-electron chi connectivity index (χ1n) is 4.26. The molecule has 0 aliphatic heterocycles. The van der Waals surface area contributed by atoms with Gasteiger partial charge in [0, 0.05) is 6.92 Å². The third-order valence-electron chi connectivity index (χ3n) is 1.42. The van der Waals surface area contributed by atoms with Gasteiger partial charge in [0.25, 0.3) is 0 Å². The zero-order valence-corrected chi connectivity index (χ0v) is 7.43. The van der Waals surface area contributed by atoms with Gasteiger partial charge in [-0.2, -0.15) is 0 Å². The fourth-order valence-electron chi connectivity index (χ4n) is 0.831. The highest BCUT2D eigenvalue weighted by molar-refractivity contribution is 5.66. The lowest BCUT2D eigenvalue weighted by Crippen LogP contribution is -1.94. The summed E-state index contributed by atoms with van der Waals surface area (Å²) in [6, 6.07) is 0. The van der Waals surface area contributed by atoms with E-state index in [1.807, 2.05) is 0 Å². The van der Waals surface area contributed by atoms with E-state index in [0.29, 0.717) is 0 Å². The lowest BCUT2D eigenvalue weighted by molar-refractivity contribution is -0.137. The fraction of sp³-hybridized carbons (Fsp3) is 0.778. The number of esters is 1. The van der Waals surface area contributed by atoms with Crippen molar-refractivity contribution >= 4 is 5.97 Å². The first kappa shape index (κ1) is 10.5. The van der Waals surface area contributed by atoms with Crippen molar-refractivity contribution in [3.05, 3.63) is 6.61 Å². The Morgan fingerprint density at radius 1 is 1.36 bits per heavy atom. The third kappa shape index (κ3) is 9.47. The monoisotopic (exact) mass is 157 g/mol. The van der Waals surface area contributed by atoms with Crippen molar-refractivity contribution in [3.63, 3.8) is 0 Å². The molecule has 0 bridgehead atoms. The molecule has 0 atom stereocenters. The number of unbranched alkanes of at least 4 members (excludes halogenated alkanes) is 4. The highest BCUT2D eigenvalue weighted by Crippen LogP contribution is 2.04. The molecule has 65 valence electrons. The molecular weight excluding hydrogens is 140 g/mol. The molecule has 0 aliphatic carbocycles. The molecular formula is C9H17O2. The van der Waals surface area contributed by atoms with E-state index in [1.54, 1.807) is 6.61 Å². The second-order valence-electron chi connectivity index (χ2n) is 2.63. The molecule has 0 saturated carbocycles. The molecule has 2 nitrogen and oxygen atoms in total. The van der Waals surface area contributed by atoms with Gasteiger partial charge in [0.2, 0.25) is 0 Å². The van der Waals surface area contributed by atoms with Crippen LogP contribution < -0.4 is 0 Å². The highest BCUT2D eigenvalue weighted by atomic mass is 16.5. The molecule has 11 heavy (non-hydrogen) atoms. The summed E-state index contributed by atoms with van der Waals surface area (Å²) in [5.41, 5.74) is 0. The first-order chi connectivity index (χ1) is 5.27. The van der Waals surface area contributed by atoms with Gasteiger partial charge >= 0.3 is 5.97 Å². The zero-order valence-electron chi connectivity index (χ0n) is 7.43. The van der Waals surface area contributed by atoms with Crippen LogP contribution >= 0.6 is 0 Å². The summed E-state index contributed by atoms with van der Waals surface area (Å²) in [5.74, 6) is -0.222. The van der Waals surface area contributed by atoms with Gasteiger partial charge in [-0.3, -0.25) is 4.79 Å². The molecule has 0 aromatic heterocycles. The maximum Gasteiger partial charge on any atom is 0.303 e. The van der Waals surface area contributed by atoms with Crippen LogP contribution in [0.3, 0.4) is 0 Å². The van der Waals surface area contributed by atoms with Crippen molar-refractivity contribution in [3.8, 4) is 0 Å². The second kappa shape index (κ2) is 7.58. The Labute approximate surface area is 68.9 Å². The number of hydrogen-bond acceptors (Lipinski definition) is 2. The maximum atomic E-state index is 10.3. The Morgan fingerprint density at radius 3 is 2.64 bits per heavy atom. The average molecular weight is 157 g/mol. The normalized spacial score (nSPS) is 9.64. The van der Waals surface area contributed by atoms with Crippen LogP contribution in [0, 0.1) is 6.61 Å². The van der Waals surface area contributed by atoms with Crippen molar-refractivity contribution < 1.29 is 9.53 Å². The van der Waals surface area contributed by atoms with Gasteiger partial charge in [0.05, 0.1) is 0 Å². The molecule has 0 heterocycles. The summed E-state index contributed by atoms with van der Waals surface area (Å²) in [5, 5.41) is 0. The van der Waals surface area contributed by atoms with Crippen LogP contribution in [0.4, 0.5) is 0 Å². The minimum Gasteiger partial charge on any atom is -0.459 e. The van der Waals surface area contributed by atoms with Crippen molar-refractivity contribution in [1.29, 1.82) is 0 Å². The number of carbonyl (C=O) groups is 1. The molecule has 0 unspecified atom stereocenters. The molecule has 0 amide bonds. The molecule has 0 rings (SSSR count). The Balaban J connectivity index is 2.85. The van der Waals surface area contributed by atoms with E-state index in [1.165, 1.54) is 26.2 Å². The van der Waals surface area contributed by atoms with E-state index in [-0.39, 0.29) is 5.97 Å². The van der Waals surface area contributed by atoms with Crippen molar-refractivity contribution in [2.75, 3.05) is 0 Å².